The average molecular weight is 283 g/mol. The van der Waals surface area contributed by atoms with Crippen molar-refractivity contribution < 1.29 is 14.3 Å². The fourth-order valence-corrected chi connectivity index (χ4v) is 2.37. The van der Waals surface area contributed by atoms with E-state index in [1.165, 1.54) is 0 Å². The summed E-state index contributed by atoms with van der Waals surface area (Å²) >= 11 is 0. The van der Waals surface area contributed by atoms with Gasteiger partial charge >= 0.3 is 0 Å². The molecule has 1 amide bonds. The fourth-order valence-electron chi connectivity index (χ4n) is 2.37. The average Bonchev–Trinajstić information content (AvgIpc) is 2.89. The van der Waals surface area contributed by atoms with Gasteiger partial charge in [-0.15, -0.1) is 0 Å². The summed E-state index contributed by atoms with van der Waals surface area (Å²) in [5.74, 6) is 1.39. The third kappa shape index (κ3) is 3.16. The van der Waals surface area contributed by atoms with Gasteiger partial charge in [0.05, 0.1) is 6.04 Å². The fraction of sp³-hybridized carbons (Fsp3) is 0.235. The third-order valence-electron chi connectivity index (χ3n) is 3.39. The van der Waals surface area contributed by atoms with Crippen LogP contribution in [0, 0.1) is 6.92 Å². The van der Waals surface area contributed by atoms with E-state index in [0.717, 1.165) is 16.9 Å². The summed E-state index contributed by atoms with van der Waals surface area (Å²) in [5.41, 5.74) is 2.12. The Morgan fingerprint density at radius 1 is 1.29 bits per heavy atom. The van der Waals surface area contributed by atoms with Crippen LogP contribution in [0.2, 0.25) is 0 Å². The van der Waals surface area contributed by atoms with Gasteiger partial charge in [0.2, 0.25) is 0 Å². The summed E-state index contributed by atoms with van der Waals surface area (Å²) in [6.07, 6.45) is 0. The van der Waals surface area contributed by atoms with Crippen LogP contribution in [0.4, 0.5) is 0 Å². The van der Waals surface area contributed by atoms with E-state index >= 15 is 0 Å². The van der Waals surface area contributed by atoms with Crippen molar-refractivity contribution in [2.24, 2.45) is 0 Å². The monoisotopic (exact) mass is 283 g/mol. The predicted molar refractivity (Wildman–Crippen MR) is 79.5 cm³/mol. The molecule has 2 aromatic rings. The zero-order valence-electron chi connectivity index (χ0n) is 11.8. The maximum atomic E-state index is 12.0. The van der Waals surface area contributed by atoms with Crippen molar-refractivity contribution in [3.05, 3.63) is 59.7 Å². The Morgan fingerprint density at radius 3 is 3.00 bits per heavy atom. The van der Waals surface area contributed by atoms with Crippen molar-refractivity contribution in [3.63, 3.8) is 0 Å². The van der Waals surface area contributed by atoms with Gasteiger partial charge in [-0.1, -0.05) is 30.3 Å². The molecule has 0 aliphatic carbocycles. The molecule has 0 saturated heterocycles. The largest absolute Gasteiger partial charge is 0.491 e. The van der Waals surface area contributed by atoms with Gasteiger partial charge in [0, 0.05) is 5.56 Å². The van der Waals surface area contributed by atoms with E-state index < -0.39 is 0 Å². The molecular weight excluding hydrogens is 266 g/mol. The minimum Gasteiger partial charge on any atom is -0.491 e. The Bertz CT molecular complexity index is 654. The van der Waals surface area contributed by atoms with E-state index in [9.17, 15) is 4.79 Å². The van der Waals surface area contributed by atoms with Crippen molar-refractivity contribution in [1.29, 1.82) is 0 Å². The second kappa shape index (κ2) is 5.87. The molecular formula is C17H17NO3. The summed E-state index contributed by atoms with van der Waals surface area (Å²) in [4.78, 5) is 12.0. The van der Waals surface area contributed by atoms with Crippen LogP contribution in [-0.2, 0) is 4.79 Å². The summed E-state index contributed by atoms with van der Waals surface area (Å²) in [5, 5.41) is 2.93. The third-order valence-corrected chi connectivity index (χ3v) is 3.39. The number of para-hydroxylation sites is 1. The summed E-state index contributed by atoms with van der Waals surface area (Å²) in [6, 6.07) is 15.3. The van der Waals surface area contributed by atoms with Crippen LogP contribution in [0.15, 0.2) is 48.5 Å². The van der Waals surface area contributed by atoms with Gasteiger partial charge in [-0.3, -0.25) is 4.79 Å². The predicted octanol–water partition coefficient (Wildman–Crippen LogP) is 2.62. The van der Waals surface area contributed by atoms with Gasteiger partial charge in [-0.05, 0) is 30.7 Å². The molecule has 108 valence electrons. The van der Waals surface area contributed by atoms with Gasteiger partial charge < -0.3 is 14.8 Å². The quantitative estimate of drug-likeness (QED) is 0.938. The van der Waals surface area contributed by atoms with Gasteiger partial charge in [0.15, 0.2) is 6.61 Å². The number of amides is 1. The molecule has 3 rings (SSSR count). The highest BCUT2D eigenvalue weighted by Gasteiger charge is 2.24. The Morgan fingerprint density at radius 2 is 2.14 bits per heavy atom. The SMILES string of the molecule is Cc1cccc(OCC(=O)NC2COc3ccccc32)c1. The van der Waals surface area contributed by atoms with Crippen LogP contribution in [0.3, 0.4) is 0 Å². The molecule has 0 bridgehead atoms. The Hall–Kier alpha value is -2.49. The smallest absolute Gasteiger partial charge is 0.258 e. The lowest BCUT2D eigenvalue weighted by Crippen LogP contribution is -2.33. The molecule has 4 nitrogen and oxygen atoms in total. The summed E-state index contributed by atoms with van der Waals surface area (Å²) < 4.78 is 11.0. The van der Waals surface area contributed by atoms with Crippen LogP contribution in [-0.4, -0.2) is 19.1 Å². The van der Waals surface area contributed by atoms with E-state index in [4.69, 9.17) is 9.47 Å². The number of benzene rings is 2. The van der Waals surface area contributed by atoms with Crippen LogP contribution in [0.1, 0.15) is 17.2 Å². The first-order valence-corrected chi connectivity index (χ1v) is 6.93. The second-order valence-corrected chi connectivity index (χ2v) is 5.07. The molecule has 0 saturated carbocycles. The van der Waals surface area contributed by atoms with Gasteiger partial charge in [-0.25, -0.2) is 0 Å². The van der Waals surface area contributed by atoms with Crippen molar-refractivity contribution in [2.75, 3.05) is 13.2 Å². The molecule has 0 spiro atoms. The molecule has 1 N–H and O–H groups in total. The molecule has 1 aliphatic heterocycles. The van der Waals surface area contributed by atoms with Crippen molar-refractivity contribution >= 4 is 5.91 Å². The van der Waals surface area contributed by atoms with E-state index in [2.05, 4.69) is 5.32 Å². The van der Waals surface area contributed by atoms with E-state index in [0.29, 0.717) is 12.4 Å². The van der Waals surface area contributed by atoms with Gasteiger partial charge in [0.1, 0.15) is 18.1 Å². The second-order valence-electron chi connectivity index (χ2n) is 5.07. The normalized spacial score (nSPS) is 16.0. The first-order valence-electron chi connectivity index (χ1n) is 6.93. The topological polar surface area (TPSA) is 47.6 Å². The number of hydrogen-bond donors (Lipinski definition) is 1. The zero-order chi connectivity index (χ0) is 14.7. The Kier molecular flexibility index (Phi) is 3.77. The number of rotatable bonds is 4. The molecule has 21 heavy (non-hydrogen) atoms. The number of aryl methyl sites for hydroxylation is 1. The first kappa shape index (κ1) is 13.5. The highest BCUT2D eigenvalue weighted by molar-refractivity contribution is 5.78. The number of carbonyl (C=O) groups excluding carboxylic acids is 1. The molecule has 4 heteroatoms. The maximum Gasteiger partial charge on any atom is 0.258 e. The zero-order valence-corrected chi connectivity index (χ0v) is 11.8. The van der Waals surface area contributed by atoms with Crippen molar-refractivity contribution in [2.45, 2.75) is 13.0 Å². The van der Waals surface area contributed by atoms with E-state index in [1.54, 1.807) is 0 Å². The molecule has 1 unspecified atom stereocenters. The Labute approximate surface area is 123 Å². The Balaban J connectivity index is 1.56. The van der Waals surface area contributed by atoms with Crippen LogP contribution >= 0.6 is 0 Å². The first-order chi connectivity index (χ1) is 10.2. The minimum atomic E-state index is -0.151. The number of nitrogens with one attached hydrogen (secondary N) is 1. The lowest BCUT2D eigenvalue weighted by molar-refractivity contribution is -0.123. The molecule has 0 radical (unpaired) electrons. The lowest BCUT2D eigenvalue weighted by Gasteiger charge is -2.12. The van der Waals surface area contributed by atoms with Crippen LogP contribution < -0.4 is 14.8 Å². The number of ether oxygens (including phenoxy) is 2. The maximum absolute atomic E-state index is 12.0. The molecule has 2 aromatic carbocycles. The van der Waals surface area contributed by atoms with Gasteiger partial charge in [0.25, 0.3) is 5.91 Å². The standard InChI is InChI=1S/C17H17NO3/c1-12-5-4-6-13(9-12)20-11-17(19)18-15-10-21-16-8-3-2-7-14(15)16/h2-9,15H,10-11H2,1H3,(H,18,19). The van der Waals surface area contributed by atoms with Crippen LogP contribution in [0.5, 0.6) is 11.5 Å². The van der Waals surface area contributed by atoms with E-state index in [1.807, 2.05) is 55.5 Å². The number of carbonyl (C=O) groups is 1. The highest BCUT2D eigenvalue weighted by Crippen LogP contribution is 2.31. The van der Waals surface area contributed by atoms with E-state index in [-0.39, 0.29) is 18.6 Å². The molecule has 0 aromatic heterocycles. The van der Waals surface area contributed by atoms with Crippen molar-refractivity contribution in [3.8, 4) is 11.5 Å². The van der Waals surface area contributed by atoms with Crippen molar-refractivity contribution in [1.82, 2.24) is 5.32 Å². The summed E-state index contributed by atoms with van der Waals surface area (Å²) in [7, 11) is 0. The molecule has 1 heterocycles. The lowest BCUT2D eigenvalue weighted by atomic mass is 10.1. The van der Waals surface area contributed by atoms with Gasteiger partial charge in [-0.2, -0.15) is 0 Å². The minimum absolute atomic E-state index is 0.00210. The highest BCUT2D eigenvalue weighted by atomic mass is 16.5. The summed E-state index contributed by atoms with van der Waals surface area (Å²) in [6.45, 7) is 2.46. The molecule has 1 aliphatic rings. The number of fused-ring (bicyclic) bond motifs is 1. The van der Waals surface area contributed by atoms with Crippen LogP contribution in [0.25, 0.3) is 0 Å². The molecule has 1 atom stereocenters. The number of hydrogen-bond acceptors (Lipinski definition) is 3. The molecule has 0 fully saturated rings.